The molecular formula is C29H23Cl2IN2O4. The van der Waals surface area contributed by atoms with E-state index in [0.717, 1.165) is 27.5 Å². The zero-order valence-corrected chi connectivity index (χ0v) is 23.8. The van der Waals surface area contributed by atoms with Gasteiger partial charge in [-0.05, 0) is 81.8 Å². The molecule has 1 fully saturated rings. The fraction of sp³-hybridized carbons (Fsp3) is 0.241. The molecule has 3 aromatic rings. The number of fused-ring (bicyclic) bond motifs is 2. The number of hydrogen-bond donors (Lipinski definition) is 2. The van der Waals surface area contributed by atoms with Crippen LogP contribution in [0.5, 0.6) is 5.75 Å². The van der Waals surface area contributed by atoms with Gasteiger partial charge in [-0.1, -0.05) is 41.4 Å². The Morgan fingerprint density at radius 1 is 0.974 bits per heavy atom. The topological polar surface area (TPSA) is 76.7 Å². The van der Waals surface area contributed by atoms with Crippen LogP contribution in [0, 0.1) is 3.57 Å². The van der Waals surface area contributed by atoms with Crippen molar-refractivity contribution in [2.45, 2.75) is 30.4 Å². The first-order chi connectivity index (χ1) is 18.4. The predicted molar refractivity (Wildman–Crippen MR) is 156 cm³/mol. The van der Waals surface area contributed by atoms with Crippen molar-refractivity contribution in [2.75, 3.05) is 18.5 Å². The molecule has 1 saturated heterocycles. The van der Waals surface area contributed by atoms with Crippen LogP contribution in [-0.4, -0.2) is 31.1 Å². The SMILES string of the molecule is O=C1C=C(c2cccc(Cl)c2)[C@]2(C(=O)Nc3cc(Cl)ccc32)[C@@H](c2cc(I)ccc2OC2CCOCC2)N1. The van der Waals surface area contributed by atoms with Crippen LogP contribution in [0.25, 0.3) is 5.57 Å². The summed E-state index contributed by atoms with van der Waals surface area (Å²) >= 11 is 14.9. The maximum Gasteiger partial charge on any atom is 0.244 e. The number of nitrogens with one attached hydrogen (secondary N) is 2. The summed E-state index contributed by atoms with van der Waals surface area (Å²) in [4.78, 5) is 27.5. The van der Waals surface area contributed by atoms with Gasteiger partial charge < -0.3 is 20.1 Å². The zero-order chi connectivity index (χ0) is 26.4. The summed E-state index contributed by atoms with van der Waals surface area (Å²) in [6.45, 7) is 1.26. The van der Waals surface area contributed by atoms with Crippen LogP contribution in [0.1, 0.15) is 35.6 Å². The minimum Gasteiger partial charge on any atom is -0.490 e. The van der Waals surface area contributed by atoms with E-state index >= 15 is 0 Å². The van der Waals surface area contributed by atoms with E-state index in [1.807, 2.05) is 36.4 Å². The minimum atomic E-state index is -1.29. The Labute approximate surface area is 243 Å². The predicted octanol–water partition coefficient (Wildman–Crippen LogP) is 6.30. The molecule has 38 heavy (non-hydrogen) atoms. The monoisotopic (exact) mass is 660 g/mol. The van der Waals surface area contributed by atoms with Crippen LogP contribution in [-0.2, 0) is 19.7 Å². The van der Waals surface area contributed by atoms with Crippen molar-refractivity contribution in [3.63, 3.8) is 0 Å². The van der Waals surface area contributed by atoms with Crippen LogP contribution in [0.2, 0.25) is 10.0 Å². The Morgan fingerprint density at radius 2 is 1.76 bits per heavy atom. The lowest BCUT2D eigenvalue weighted by atomic mass is 9.64. The largest absolute Gasteiger partial charge is 0.490 e. The lowest BCUT2D eigenvalue weighted by Crippen LogP contribution is -2.52. The second-order valence-corrected chi connectivity index (χ2v) is 11.7. The molecule has 3 aliphatic heterocycles. The molecule has 0 unspecified atom stereocenters. The summed E-state index contributed by atoms with van der Waals surface area (Å²) in [5, 5.41) is 7.17. The molecule has 0 aliphatic carbocycles. The summed E-state index contributed by atoms with van der Waals surface area (Å²) in [5.74, 6) is 0.0631. The van der Waals surface area contributed by atoms with Crippen molar-refractivity contribution >= 4 is 68.9 Å². The first-order valence-corrected chi connectivity index (χ1v) is 14.1. The molecule has 2 atom stereocenters. The third-order valence-electron chi connectivity index (χ3n) is 7.31. The Kier molecular flexibility index (Phi) is 6.88. The van der Waals surface area contributed by atoms with Gasteiger partial charge in [0, 0.05) is 43.8 Å². The molecule has 0 aromatic heterocycles. The van der Waals surface area contributed by atoms with E-state index in [1.54, 1.807) is 24.3 Å². The maximum absolute atomic E-state index is 14.2. The van der Waals surface area contributed by atoms with Crippen LogP contribution in [0.15, 0.2) is 66.7 Å². The highest BCUT2D eigenvalue weighted by Crippen LogP contribution is 2.57. The van der Waals surface area contributed by atoms with Gasteiger partial charge >= 0.3 is 0 Å². The molecule has 3 heterocycles. The molecule has 3 aromatic carbocycles. The van der Waals surface area contributed by atoms with Gasteiger partial charge in [-0.3, -0.25) is 9.59 Å². The number of anilines is 1. The smallest absolute Gasteiger partial charge is 0.244 e. The van der Waals surface area contributed by atoms with E-state index in [4.69, 9.17) is 32.7 Å². The average Bonchev–Trinajstić information content (AvgIpc) is 3.18. The summed E-state index contributed by atoms with van der Waals surface area (Å²) in [5.41, 5.74) is 2.00. The quantitative estimate of drug-likeness (QED) is 0.322. The van der Waals surface area contributed by atoms with E-state index in [2.05, 4.69) is 33.2 Å². The van der Waals surface area contributed by atoms with Crippen LogP contribution in [0.3, 0.4) is 0 Å². The van der Waals surface area contributed by atoms with Gasteiger partial charge in [0.15, 0.2) is 0 Å². The van der Waals surface area contributed by atoms with E-state index in [9.17, 15) is 9.59 Å². The fourth-order valence-corrected chi connectivity index (χ4v) is 6.53. The molecular weight excluding hydrogens is 638 g/mol. The Morgan fingerprint density at radius 3 is 2.55 bits per heavy atom. The van der Waals surface area contributed by atoms with E-state index in [0.29, 0.717) is 45.8 Å². The summed E-state index contributed by atoms with van der Waals surface area (Å²) in [6.07, 6.45) is 3.01. The van der Waals surface area contributed by atoms with Gasteiger partial charge in [-0.25, -0.2) is 0 Å². The number of rotatable bonds is 4. The lowest BCUT2D eigenvalue weighted by Gasteiger charge is -2.42. The number of amides is 2. The summed E-state index contributed by atoms with van der Waals surface area (Å²) in [6, 6.07) is 17.7. The highest BCUT2D eigenvalue weighted by atomic mass is 127. The maximum atomic E-state index is 14.2. The number of benzene rings is 3. The van der Waals surface area contributed by atoms with Crippen molar-refractivity contribution in [3.05, 3.63) is 97.0 Å². The third kappa shape index (κ3) is 4.39. The molecule has 6 rings (SSSR count). The normalized spacial score (nSPS) is 23.0. The van der Waals surface area contributed by atoms with Crippen LogP contribution in [0.4, 0.5) is 5.69 Å². The summed E-state index contributed by atoms with van der Waals surface area (Å²) in [7, 11) is 0. The standard InChI is InChI=1S/C29H23Cl2IN2O4/c30-17-3-1-2-16(12-17)23-15-26(35)34-27(29(23)22-6-4-18(31)13-24(22)33-28(29)36)21-14-19(32)5-7-25(21)38-20-8-10-37-11-9-20/h1-7,12-15,20,27H,8-11H2,(H,33,36)(H,34,35)/t27-,29+/m1/s1. The van der Waals surface area contributed by atoms with Gasteiger partial charge in [-0.2, -0.15) is 0 Å². The fourth-order valence-electron chi connectivity index (χ4n) is 5.66. The summed E-state index contributed by atoms with van der Waals surface area (Å²) < 4.78 is 13.0. The van der Waals surface area contributed by atoms with Gasteiger partial charge in [0.05, 0.1) is 19.3 Å². The van der Waals surface area contributed by atoms with E-state index in [-0.39, 0.29) is 17.9 Å². The second kappa shape index (κ2) is 10.2. The molecule has 0 radical (unpaired) electrons. The van der Waals surface area contributed by atoms with Crippen molar-refractivity contribution in [2.24, 2.45) is 0 Å². The van der Waals surface area contributed by atoms with E-state index in [1.165, 1.54) is 6.08 Å². The lowest BCUT2D eigenvalue weighted by molar-refractivity contribution is -0.122. The van der Waals surface area contributed by atoms with Crippen molar-refractivity contribution in [3.8, 4) is 5.75 Å². The molecule has 194 valence electrons. The second-order valence-electron chi connectivity index (χ2n) is 9.57. The Balaban J connectivity index is 1.59. The molecule has 2 amide bonds. The minimum absolute atomic E-state index is 0.0238. The number of halogens is 3. The van der Waals surface area contributed by atoms with Gasteiger partial charge in [0.1, 0.15) is 17.3 Å². The van der Waals surface area contributed by atoms with Gasteiger partial charge in [0.25, 0.3) is 0 Å². The van der Waals surface area contributed by atoms with E-state index < -0.39 is 11.5 Å². The molecule has 3 aliphatic rings. The molecule has 9 heteroatoms. The van der Waals surface area contributed by atoms with Crippen LogP contribution >= 0.6 is 45.8 Å². The number of carbonyl (C=O) groups excluding carboxylic acids is 2. The van der Waals surface area contributed by atoms with Crippen LogP contribution < -0.4 is 15.4 Å². The Bertz CT molecular complexity index is 1490. The van der Waals surface area contributed by atoms with Crippen molar-refractivity contribution in [1.82, 2.24) is 5.32 Å². The van der Waals surface area contributed by atoms with Crippen molar-refractivity contribution < 1.29 is 19.1 Å². The molecule has 0 saturated carbocycles. The zero-order valence-electron chi connectivity index (χ0n) is 20.1. The van der Waals surface area contributed by atoms with Gasteiger partial charge in [0.2, 0.25) is 11.8 Å². The first-order valence-electron chi connectivity index (χ1n) is 12.3. The third-order valence-corrected chi connectivity index (χ3v) is 8.45. The molecule has 6 nitrogen and oxygen atoms in total. The highest BCUT2D eigenvalue weighted by Gasteiger charge is 2.58. The average molecular weight is 661 g/mol. The molecule has 1 spiro atoms. The first kappa shape index (κ1) is 25.7. The van der Waals surface area contributed by atoms with Gasteiger partial charge in [-0.15, -0.1) is 0 Å². The number of carbonyl (C=O) groups is 2. The highest BCUT2D eigenvalue weighted by molar-refractivity contribution is 14.1. The Hall–Kier alpha value is -2.59. The molecule has 2 N–H and O–H groups in total. The number of hydrogen-bond acceptors (Lipinski definition) is 4. The number of ether oxygens (including phenoxy) is 2. The molecule has 0 bridgehead atoms. The van der Waals surface area contributed by atoms with Crippen molar-refractivity contribution in [1.29, 1.82) is 0 Å².